The molecule has 1 unspecified atom stereocenters. The first-order chi connectivity index (χ1) is 20.7. The van der Waals surface area contributed by atoms with Crippen molar-refractivity contribution < 1.29 is 24.9 Å². The number of carbonyl (C=O) groups is 2. The van der Waals surface area contributed by atoms with Crippen LogP contribution in [-0.2, 0) is 21.7 Å². The number of para-hydroxylation sites is 1. The van der Waals surface area contributed by atoms with Crippen molar-refractivity contribution in [1.29, 1.82) is 0 Å². The third kappa shape index (κ3) is 5.98. The van der Waals surface area contributed by atoms with Crippen LogP contribution in [0.4, 0.5) is 17.1 Å². The van der Waals surface area contributed by atoms with Gasteiger partial charge in [-0.25, -0.2) is 0 Å². The molecule has 4 N–H and O–H groups in total. The van der Waals surface area contributed by atoms with Crippen LogP contribution in [0.5, 0.6) is 0 Å². The summed E-state index contributed by atoms with van der Waals surface area (Å²) in [4.78, 5) is 27.5. The number of aryl methyl sites for hydroxylation is 1. The van der Waals surface area contributed by atoms with Crippen LogP contribution < -0.4 is 10.2 Å². The Bertz CT molecular complexity index is 1600. The number of carbonyl (C=O) groups excluding carboxylic acids is 2. The van der Waals surface area contributed by atoms with E-state index in [1.165, 1.54) is 11.8 Å². The Labute approximate surface area is 249 Å². The Morgan fingerprint density at radius 3 is 2.42 bits per heavy atom. The summed E-state index contributed by atoms with van der Waals surface area (Å²) >= 11 is 0. The highest BCUT2D eigenvalue weighted by Crippen LogP contribution is 2.49. The predicted molar refractivity (Wildman–Crippen MR) is 163 cm³/mol. The van der Waals surface area contributed by atoms with Crippen LogP contribution >= 0.6 is 0 Å². The molecule has 2 amide bonds. The van der Waals surface area contributed by atoms with E-state index in [0.29, 0.717) is 41.3 Å². The average molecular weight is 582 g/mol. The number of anilines is 3. The molecule has 1 aromatic heterocycles. The molecule has 43 heavy (non-hydrogen) atoms. The van der Waals surface area contributed by atoms with Crippen molar-refractivity contribution in [3.05, 3.63) is 114 Å². The predicted octanol–water partition coefficient (Wildman–Crippen LogP) is 3.87. The number of amides is 2. The summed E-state index contributed by atoms with van der Waals surface area (Å²) in [7, 11) is 0. The number of allylic oxidation sites excluding steroid dienone is 1. The molecule has 3 aromatic carbocycles. The van der Waals surface area contributed by atoms with E-state index < -0.39 is 29.4 Å². The van der Waals surface area contributed by atoms with Crippen LogP contribution in [0.3, 0.4) is 0 Å². The van der Waals surface area contributed by atoms with Crippen LogP contribution in [0.15, 0.2) is 97.2 Å². The van der Waals surface area contributed by atoms with Gasteiger partial charge in [-0.3, -0.25) is 19.2 Å². The number of benzene rings is 3. The molecule has 4 atom stereocenters. The highest BCUT2D eigenvalue weighted by atomic mass is 16.3. The van der Waals surface area contributed by atoms with Gasteiger partial charge in [0.2, 0.25) is 0 Å². The number of fused-ring (bicyclic) bond motifs is 1. The molecule has 5 rings (SSSR count). The number of aliphatic hydroxyl groups is 3. The van der Waals surface area contributed by atoms with Gasteiger partial charge < -0.3 is 20.6 Å². The number of nitrogens with zero attached hydrogens (tertiary/aromatic N) is 4. The number of nitrogens with one attached hydrogen (secondary N) is 1. The summed E-state index contributed by atoms with van der Waals surface area (Å²) in [5, 5.41) is 42.7. The molecule has 0 saturated carbocycles. The maximum absolute atomic E-state index is 13.9. The molecule has 0 spiro atoms. The van der Waals surface area contributed by atoms with Gasteiger partial charge in [0.15, 0.2) is 5.60 Å². The number of aromatic nitrogens is 3. The smallest absolute Gasteiger partial charge is 0.268 e. The molecule has 10 nitrogen and oxygen atoms in total. The molecule has 4 aromatic rings. The lowest BCUT2D eigenvalue weighted by atomic mass is 9.82. The largest absolute Gasteiger partial charge is 0.395 e. The maximum Gasteiger partial charge on any atom is 0.268 e. The number of hydrogen-bond acceptors (Lipinski definition) is 7. The molecule has 10 heteroatoms. The van der Waals surface area contributed by atoms with Crippen LogP contribution in [0.1, 0.15) is 43.0 Å². The number of hydrogen-bond donors (Lipinski definition) is 4. The fourth-order valence-electron chi connectivity index (χ4n) is 5.31. The molecule has 0 aliphatic carbocycles. The molecule has 0 saturated heterocycles. The third-order valence-corrected chi connectivity index (χ3v) is 7.75. The van der Waals surface area contributed by atoms with Crippen molar-refractivity contribution in [1.82, 2.24) is 15.0 Å². The fraction of sp³-hybridized carbons (Fsp3) is 0.273. The molecule has 0 fully saturated rings. The average Bonchev–Trinajstić information content (AvgIpc) is 3.57. The monoisotopic (exact) mass is 581 g/mol. The van der Waals surface area contributed by atoms with Gasteiger partial charge in [-0.1, -0.05) is 72.8 Å². The van der Waals surface area contributed by atoms with Gasteiger partial charge in [-0.05, 0) is 49.2 Å². The second-order valence-corrected chi connectivity index (χ2v) is 10.7. The number of rotatable bonds is 11. The standard InChI is InChI=1S/C33H35N5O5/c1-22(11-9-10-18-37-20-29(35-36-37)27(21-39)24-12-5-3-6-13-24)33(43)28-19-25(34-31(41)23(2)40)16-17-30(28)38(32(33)42)26-14-7-4-8-15-26/h3-9,11-17,19-20,22-23,27,39-40,43H,10,18,21H2,1-2H3,(H,34,41)/b11-9+/t22-,23-,27?,33+/m0/s1. The van der Waals surface area contributed by atoms with E-state index in [9.17, 15) is 24.9 Å². The quantitative estimate of drug-likeness (QED) is 0.197. The van der Waals surface area contributed by atoms with Crippen molar-refractivity contribution in [2.45, 2.75) is 44.4 Å². The zero-order valence-corrected chi connectivity index (χ0v) is 24.0. The van der Waals surface area contributed by atoms with Crippen molar-refractivity contribution in [2.75, 3.05) is 16.8 Å². The zero-order valence-electron chi connectivity index (χ0n) is 24.0. The Balaban J connectivity index is 1.35. The molecular formula is C33H35N5O5. The minimum absolute atomic E-state index is 0.0847. The molecule has 1 aliphatic heterocycles. The van der Waals surface area contributed by atoms with Gasteiger partial charge in [0.1, 0.15) is 6.10 Å². The topological polar surface area (TPSA) is 141 Å². The normalized spacial score (nSPS) is 18.4. The molecular weight excluding hydrogens is 546 g/mol. The second-order valence-electron chi connectivity index (χ2n) is 10.7. The van der Waals surface area contributed by atoms with E-state index >= 15 is 0 Å². The first-order valence-electron chi connectivity index (χ1n) is 14.2. The van der Waals surface area contributed by atoms with Crippen molar-refractivity contribution in [3.63, 3.8) is 0 Å². The van der Waals surface area contributed by atoms with Crippen LogP contribution in [-0.4, -0.2) is 54.8 Å². The highest BCUT2D eigenvalue weighted by Gasteiger charge is 2.53. The van der Waals surface area contributed by atoms with E-state index in [0.717, 1.165) is 5.56 Å². The van der Waals surface area contributed by atoms with Crippen molar-refractivity contribution in [3.8, 4) is 0 Å². The lowest BCUT2D eigenvalue weighted by Crippen LogP contribution is -2.42. The van der Waals surface area contributed by atoms with Gasteiger partial charge in [-0.15, -0.1) is 5.10 Å². The van der Waals surface area contributed by atoms with E-state index in [4.69, 9.17) is 0 Å². The maximum atomic E-state index is 13.9. The summed E-state index contributed by atoms with van der Waals surface area (Å²) in [5.74, 6) is -1.98. The number of aliphatic hydroxyl groups excluding tert-OH is 2. The van der Waals surface area contributed by atoms with Gasteiger partial charge in [0.25, 0.3) is 11.8 Å². The Kier molecular flexibility index (Phi) is 8.81. The lowest BCUT2D eigenvalue weighted by Gasteiger charge is -2.28. The minimum atomic E-state index is -1.91. The summed E-state index contributed by atoms with van der Waals surface area (Å²) in [6.07, 6.45) is 4.85. The third-order valence-electron chi connectivity index (χ3n) is 7.75. The Morgan fingerprint density at radius 2 is 1.74 bits per heavy atom. The first-order valence-corrected chi connectivity index (χ1v) is 14.2. The van der Waals surface area contributed by atoms with E-state index in [1.807, 2.05) is 60.8 Å². The highest BCUT2D eigenvalue weighted by molar-refractivity contribution is 6.12. The summed E-state index contributed by atoms with van der Waals surface area (Å²) in [6.45, 7) is 3.56. The van der Waals surface area contributed by atoms with E-state index in [-0.39, 0.29) is 12.5 Å². The first kappa shape index (κ1) is 29.8. The fourth-order valence-corrected chi connectivity index (χ4v) is 5.31. The van der Waals surface area contributed by atoms with Crippen LogP contribution in [0.25, 0.3) is 0 Å². The van der Waals surface area contributed by atoms with E-state index in [1.54, 1.807) is 48.0 Å². The minimum Gasteiger partial charge on any atom is -0.395 e. The molecule has 2 heterocycles. The molecule has 1 aliphatic rings. The molecule has 0 bridgehead atoms. The zero-order chi connectivity index (χ0) is 30.6. The summed E-state index contributed by atoms with van der Waals surface area (Å²) in [6, 6.07) is 23.6. The van der Waals surface area contributed by atoms with Crippen LogP contribution in [0, 0.1) is 5.92 Å². The summed E-state index contributed by atoms with van der Waals surface area (Å²) < 4.78 is 1.70. The van der Waals surface area contributed by atoms with Gasteiger partial charge in [-0.2, -0.15) is 0 Å². The second kappa shape index (κ2) is 12.7. The van der Waals surface area contributed by atoms with Crippen LogP contribution in [0.2, 0.25) is 0 Å². The molecule has 0 radical (unpaired) electrons. The Hall–Kier alpha value is -4.64. The SMILES string of the molecule is C[C@H](O)C(=O)Nc1ccc2c(c1)[C@](O)([C@@H](C)/C=C/CCn1cc(C(CO)c3ccccc3)nn1)C(=O)N2c1ccccc1. The molecule has 222 valence electrons. The van der Waals surface area contributed by atoms with Crippen molar-refractivity contribution >= 4 is 28.9 Å². The van der Waals surface area contributed by atoms with E-state index in [2.05, 4.69) is 15.6 Å². The van der Waals surface area contributed by atoms with Gasteiger partial charge in [0, 0.05) is 35.6 Å². The summed E-state index contributed by atoms with van der Waals surface area (Å²) in [5.41, 5.74) is 1.57. The van der Waals surface area contributed by atoms with Gasteiger partial charge >= 0.3 is 0 Å². The lowest BCUT2D eigenvalue weighted by molar-refractivity contribution is -0.138. The van der Waals surface area contributed by atoms with Gasteiger partial charge in [0.05, 0.1) is 23.9 Å². The van der Waals surface area contributed by atoms with Crippen molar-refractivity contribution in [2.24, 2.45) is 5.92 Å². The Morgan fingerprint density at radius 1 is 1.05 bits per heavy atom.